The van der Waals surface area contributed by atoms with E-state index < -0.39 is 47.1 Å². The molecule has 8 nitrogen and oxygen atoms in total. The summed E-state index contributed by atoms with van der Waals surface area (Å²) in [5.41, 5.74) is -0.804. The zero-order valence-corrected chi connectivity index (χ0v) is 21.3. The first-order chi connectivity index (χ1) is 18.2. The van der Waals surface area contributed by atoms with E-state index in [0.29, 0.717) is 0 Å². The largest absolute Gasteiger partial charge is 0.495 e. The quantitative estimate of drug-likeness (QED) is 0.373. The maximum Gasteiger partial charge on any atom is 0.424 e. The van der Waals surface area contributed by atoms with Crippen LogP contribution < -0.4 is 20.5 Å². The molecule has 2 heterocycles. The molecule has 0 unspecified atom stereocenters. The second-order valence-corrected chi connectivity index (χ2v) is 9.52. The van der Waals surface area contributed by atoms with Crippen molar-refractivity contribution in [2.45, 2.75) is 24.1 Å². The van der Waals surface area contributed by atoms with Gasteiger partial charge in [0.2, 0.25) is 11.5 Å². The number of primary amides is 1. The summed E-state index contributed by atoms with van der Waals surface area (Å²) in [6.07, 6.45) is -5.35. The summed E-state index contributed by atoms with van der Waals surface area (Å²) in [6, 6.07) is 9.34. The lowest BCUT2D eigenvalue weighted by molar-refractivity contribution is -0.265. The highest BCUT2D eigenvalue weighted by Crippen LogP contribution is 2.47. The molecule has 4 N–H and O–H groups in total. The molecule has 0 spiro atoms. The standard InChI is InChI=1S/C26H22ClF4N3O5/c1-24(23(32)36)12-39-21-16(24)10-19(34-20(21)13-3-6-15(28)7-4-13)25(37,26(29,30)31)11-33-22(35)14-5-8-17(27)18(9-14)38-2/h3-10,37H,11-12H2,1-2H3,(H2,32,36)(H,33,35)/t24-,25-/m0/s1. The predicted octanol–water partition coefficient (Wildman–Crippen LogP) is 3.87. The number of fused-ring (bicyclic) bond motifs is 1. The number of hydrogen-bond donors (Lipinski definition) is 3. The van der Waals surface area contributed by atoms with E-state index in [4.69, 9.17) is 26.8 Å². The van der Waals surface area contributed by atoms with Crippen LogP contribution in [0, 0.1) is 5.82 Å². The third kappa shape index (κ3) is 4.97. The number of nitrogens with zero attached hydrogens (tertiary/aromatic N) is 1. The number of ether oxygens (including phenoxy) is 2. The van der Waals surface area contributed by atoms with Gasteiger partial charge in [-0.15, -0.1) is 0 Å². The first-order valence-electron chi connectivity index (χ1n) is 11.4. The van der Waals surface area contributed by atoms with E-state index in [2.05, 4.69) is 10.3 Å². The van der Waals surface area contributed by atoms with Crippen LogP contribution in [0.25, 0.3) is 11.3 Å². The van der Waals surface area contributed by atoms with Crippen molar-refractivity contribution in [2.75, 3.05) is 20.3 Å². The zero-order valence-electron chi connectivity index (χ0n) is 20.5. The van der Waals surface area contributed by atoms with Crippen LogP contribution in [0.4, 0.5) is 17.6 Å². The number of hydrogen-bond acceptors (Lipinski definition) is 6. The highest BCUT2D eigenvalue weighted by atomic mass is 35.5. The minimum atomic E-state index is -5.35. The first-order valence-corrected chi connectivity index (χ1v) is 11.7. The van der Waals surface area contributed by atoms with Crippen LogP contribution in [0.2, 0.25) is 5.02 Å². The third-order valence-electron chi connectivity index (χ3n) is 6.54. The van der Waals surface area contributed by atoms with Gasteiger partial charge in [-0.05, 0) is 55.5 Å². The Labute approximate surface area is 224 Å². The number of nitrogens with two attached hydrogens (primary N) is 1. The number of methoxy groups -OCH3 is 1. The van der Waals surface area contributed by atoms with Crippen molar-refractivity contribution in [3.63, 3.8) is 0 Å². The van der Waals surface area contributed by atoms with Crippen LogP contribution in [-0.4, -0.2) is 48.3 Å². The second kappa shape index (κ2) is 10.0. The Morgan fingerprint density at radius 2 is 1.87 bits per heavy atom. The molecular formula is C26H22ClF4N3O5. The normalized spacial score (nSPS) is 18.1. The van der Waals surface area contributed by atoms with Crippen molar-refractivity contribution in [1.82, 2.24) is 10.3 Å². The molecule has 1 aliphatic rings. The minimum absolute atomic E-state index is 0.0338. The topological polar surface area (TPSA) is 124 Å². The van der Waals surface area contributed by atoms with Gasteiger partial charge in [0.05, 0.1) is 24.4 Å². The fourth-order valence-corrected chi connectivity index (χ4v) is 4.24. The molecular weight excluding hydrogens is 546 g/mol. The van der Waals surface area contributed by atoms with Crippen molar-refractivity contribution < 1.29 is 41.7 Å². The van der Waals surface area contributed by atoms with Gasteiger partial charge >= 0.3 is 6.18 Å². The van der Waals surface area contributed by atoms with Gasteiger partial charge in [0.25, 0.3) is 5.91 Å². The molecule has 0 radical (unpaired) electrons. The number of amides is 2. The average molecular weight is 568 g/mol. The minimum Gasteiger partial charge on any atom is -0.495 e. The molecule has 206 valence electrons. The molecule has 1 aliphatic heterocycles. The number of rotatable bonds is 7. The van der Waals surface area contributed by atoms with Gasteiger partial charge < -0.3 is 25.6 Å². The Morgan fingerprint density at radius 3 is 2.46 bits per heavy atom. The summed E-state index contributed by atoms with van der Waals surface area (Å²) < 4.78 is 67.6. The SMILES string of the molecule is COc1cc(C(=O)NC[C@](O)(c2cc3c(c(-c4ccc(F)cc4)n2)OC[C@]3(C)C(N)=O)C(F)(F)F)ccc1Cl. The van der Waals surface area contributed by atoms with E-state index in [-0.39, 0.29) is 45.5 Å². The number of aromatic nitrogens is 1. The molecule has 0 aliphatic carbocycles. The van der Waals surface area contributed by atoms with Gasteiger partial charge in [-0.3, -0.25) is 9.59 Å². The van der Waals surface area contributed by atoms with Crippen LogP contribution in [0.3, 0.4) is 0 Å². The maximum atomic E-state index is 14.5. The molecule has 4 rings (SSSR count). The average Bonchev–Trinajstić information content (AvgIpc) is 3.24. The Morgan fingerprint density at radius 1 is 1.21 bits per heavy atom. The highest BCUT2D eigenvalue weighted by molar-refractivity contribution is 6.32. The Kier molecular flexibility index (Phi) is 7.21. The molecule has 3 aromatic rings. The molecule has 0 saturated carbocycles. The number of halogens is 5. The van der Waals surface area contributed by atoms with Crippen molar-refractivity contribution in [3.05, 3.63) is 76.2 Å². The number of carbonyl (C=O) groups is 2. The van der Waals surface area contributed by atoms with Gasteiger partial charge in [-0.2, -0.15) is 13.2 Å². The fraction of sp³-hybridized carbons (Fsp3) is 0.269. The van der Waals surface area contributed by atoms with Gasteiger partial charge in [-0.1, -0.05) is 11.6 Å². The van der Waals surface area contributed by atoms with Crippen molar-refractivity contribution in [3.8, 4) is 22.8 Å². The predicted molar refractivity (Wildman–Crippen MR) is 132 cm³/mol. The van der Waals surface area contributed by atoms with Crippen LogP contribution in [0.15, 0.2) is 48.5 Å². The van der Waals surface area contributed by atoms with Crippen molar-refractivity contribution in [2.24, 2.45) is 5.73 Å². The zero-order chi connectivity index (χ0) is 28.8. The van der Waals surface area contributed by atoms with E-state index in [9.17, 15) is 32.3 Å². The smallest absolute Gasteiger partial charge is 0.424 e. The highest BCUT2D eigenvalue weighted by Gasteiger charge is 2.57. The number of alkyl halides is 3. The van der Waals surface area contributed by atoms with E-state index >= 15 is 0 Å². The Bertz CT molecular complexity index is 1450. The van der Waals surface area contributed by atoms with Gasteiger partial charge in [-0.25, -0.2) is 9.37 Å². The van der Waals surface area contributed by atoms with Gasteiger partial charge in [0.15, 0.2) is 0 Å². The molecule has 39 heavy (non-hydrogen) atoms. The second-order valence-electron chi connectivity index (χ2n) is 9.11. The molecule has 0 saturated heterocycles. The number of carbonyl (C=O) groups excluding carboxylic acids is 2. The van der Waals surface area contributed by atoms with Crippen LogP contribution >= 0.6 is 11.6 Å². The summed E-state index contributed by atoms with van der Waals surface area (Å²) >= 11 is 5.94. The molecule has 2 atom stereocenters. The van der Waals surface area contributed by atoms with E-state index in [1.54, 1.807) is 0 Å². The number of aliphatic hydroxyl groups is 1. The van der Waals surface area contributed by atoms with Gasteiger partial charge in [0, 0.05) is 16.7 Å². The summed E-state index contributed by atoms with van der Waals surface area (Å²) in [7, 11) is 1.30. The first kappa shape index (κ1) is 28.1. The lowest BCUT2D eigenvalue weighted by atomic mass is 9.81. The molecule has 0 bridgehead atoms. The molecule has 0 fully saturated rings. The molecule has 2 amide bonds. The Balaban J connectivity index is 1.82. The lowest BCUT2D eigenvalue weighted by Crippen LogP contribution is -2.51. The molecule has 2 aromatic carbocycles. The van der Waals surface area contributed by atoms with Crippen LogP contribution in [0.5, 0.6) is 11.5 Å². The number of benzene rings is 2. The summed E-state index contributed by atoms with van der Waals surface area (Å²) in [5, 5.41) is 13.3. The van der Waals surface area contributed by atoms with E-state index in [1.807, 2.05) is 0 Å². The third-order valence-corrected chi connectivity index (χ3v) is 6.86. The number of nitrogens with one attached hydrogen (secondary N) is 1. The molecule has 1 aromatic heterocycles. The van der Waals surface area contributed by atoms with Gasteiger partial charge in [0.1, 0.15) is 35.0 Å². The van der Waals surface area contributed by atoms with Crippen LogP contribution in [0.1, 0.15) is 28.5 Å². The van der Waals surface area contributed by atoms with Crippen molar-refractivity contribution >= 4 is 23.4 Å². The maximum absolute atomic E-state index is 14.5. The van der Waals surface area contributed by atoms with E-state index in [1.165, 1.54) is 44.4 Å². The van der Waals surface area contributed by atoms with Crippen molar-refractivity contribution in [1.29, 1.82) is 0 Å². The van der Waals surface area contributed by atoms with Crippen LogP contribution in [-0.2, 0) is 15.8 Å². The monoisotopic (exact) mass is 567 g/mol. The lowest BCUT2D eigenvalue weighted by Gasteiger charge is -2.31. The summed E-state index contributed by atoms with van der Waals surface area (Å²) in [6.45, 7) is -0.263. The fourth-order valence-electron chi connectivity index (χ4n) is 4.05. The summed E-state index contributed by atoms with van der Waals surface area (Å²) in [4.78, 5) is 29.0. The molecule has 13 heteroatoms. The summed E-state index contributed by atoms with van der Waals surface area (Å²) in [5.74, 6) is -2.37. The van der Waals surface area contributed by atoms with E-state index in [0.717, 1.165) is 18.2 Å². The Hall–Kier alpha value is -3.90. The number of pyridine rings is 1.